The van der Waals surface area contributed by atoms with Gasteiger partial charge in [-0.25, -0.2) is 0 Å². The maximum atomic E-state index is 2.32. The van der Waals surface area contributed by atoms with E-state index in [2.05, 4.69) is 71.9 Å². The molecule has 0 saturated carbocycles. The first kappa shape index (κ1) is 14.8. The van der Waals surface area contributed by atoms with E-state index in [4.69, 9.17) is 0 Å². The summed E-state index contributed by atoms with van der Waals surface area (Å²) >= 11 is 0. The lowest BCUT2D eigenvalue weighted by Crippen LogP contribution is -2.02. The van der Waals surface area contributed by atoms with Gasteiger partial charge in [-0.2, -0.15) is 0 Å². The molecule has 0 spiro atoms. The summed E-state index contributed by atoms with van der Waals surface area (Å²) in [4.78, 5) is 0. The Kier molecular flexibility index (Phi) is 5.40. The van der Waals surface area contributed by atoms with Crippen LogP contribution in [0.1, 0.15) is 44.4 Å². The summed E-state index contributed by atoms with van der Waals surface area (Å²) < 4.78 is 0. The van der Waals surface area contributed by atoms with E-state index in [1.54, 1.807) is 0 Å². The SMILES string of the molecule is C/C=C(C)\C=C(/C)C(C)Cc1ccc(C)c(C)c1. The van der Waals surface area contributed by atoms with Crippen molar-refractivity contribution in [1.29, 1.82) is 0 Å². The van der Waals surface area contributed by atoms with Crippen molar-refractivity contribution < 1.29 is 0 Å². The van der Waals surface area contributed by atoms with Crippen LogP contribution in [0.4, 0.5) is 0 Å². The Morgan fingerprint density at radius 2 is 1.83 bits per heavy atom. The van der Waals surface area contributed by atoms with E-state index in [0.717, 1.165) is 6.42 Å². The molecule has 0 aliphatic carbocycles. The van der Waals surface area contributed by atoms with Crippen LogP contribution in [0.3, 0.4) is 0 Å². The highest BCUT2D eigenvalue weighted by atomic mass is 14.1. The summed E-state index contributed by atoms with van der Waals surface area (Å²) in [5.74, 6) is 0.599. The van der Waals surface area contributed by atoms with E-state index in [0.29, 0.717) is 5.92 Å². The van der Waals surface area contributed by atoms with Gasteiger partial charge in [-0.1, -0.05) is 48.4 Å². The van der Waals surface area contributed by atoms with Crippen LogP contribution in [0.5, 0.6) is 0 Å². The van der Waals surface area contributed by atoms with Crippen LogP contribution in [0.2, 0.25) is 0 Å². The molecule has 0 heterocycles. The second kappa shape index (κ2) is 6.58. The molecule has 0 fully saturated rings. The molecule has 1 aromatic carbocycles. The molecular formula is C18H26. The fraction of sp³-hybridized carbons (Fsp3) is 0.444. The number of allylic oxidation sites excluding steroid dienone is 4. The molecule has 0 radical (unpaired) electrons. The molecule has 18 heavy (non-hydrogen) atoms. The van der Waals surface area contributed by atoms with Crippen molar-refractivity contribution in [2.75, 3.05) is 0 Å². The molecular weight excluding hydrogens is 216 g/mol. The minimum absolute atomic E-state index is 0.599. The highest BCUT2D eigenvalue weighted by Gasteiger charge is 2.06. The van der Waals surface area contributed by atoms with Crippen molar-refractivity contribution in [3.63, 3.8) is 0 Å². The number of rotatable bonds is 4. The summed E-state index contributed by atoms with van der Waals surface area (Å²) in [5, 5.41) is 0. The fourth-order valence-corrected chi connectivity index (χ4v) is 2.03. The van der Waals surface area contributed by atoms with E-state index in [-0.39, 0.29) is 0 Å². The van der Waals surface area contributed by atoms with Crippen LogP contribution in [0.15, 0.2) is 41.5 Å². The summed E-state index contributed by atoms with van der Waals surface area (Å²) in [6, 6.07) is 6.81. The average molecular weight is 242 g/mol. The minimum atomic E-state index is 0.599. The Hall–Kier alpha value is -1.30. The molecule has 98 valence electrons. The molecule has 1 atom stereocenters. The zero-order chi connectivity index (χ0) is 13.7. The molecule has 0 N–H and O–H groups in total. The molecule has 0 amide bonds. The smallest absolute Gasteiger partial charge is 0.0191 e. The predicted octanol–water partition coefficient (Wildman–Crippen LogP) is 5.39. The third kappa shape index (κ3) is 4.18. The quantitative estimate of drug-likeness (QED) is 0.621. The summed E-state index contributed by atoms with van der Waals surface area (Å²) in [6.45, 7) is 13.2. The Labute approximate surface area is 112 Å². The van der Waals surface area contributed by atoms with Gasteiger partial charge in [-0.15, -0.1) is 0 Å². The zero-order valence-electron chi connectivity index (χ0n) is 12.7. The van der Waals surface area contributed by atoms with Gasteiger partial charge in [0.05, 0.1) is 0 Å². The first-order valence-electron chi connectivity index (χ1n) is 6.81. The lowest BCUT2D eigenvalue weighted by molar-refractivity contribution is 0.676. The van der Waals surface area contributed by atoms with Crippen molar-refractivity contribution in [3.05, 3.63) is 58.2 Å². The standard InChI is InChI=1S/C18H26/c1-7-13(2)10-15(4)17(6)12-18-9-8-14(3)16(5)11-18/h7-11,17H,12H2,1-6H3/b13-7-,15-10+. The molecule has 1 unspecified atom stereocenters. The highest BCUT2D eigenvalue weighted by Crippen LogP contribution is 2.19. The van der Waals surface area contributed by atoms with Gasteiger partial charge < -0.3 is 0 Å². The Morgan fingerprint density at radius 1 is 1.17 bits per heavy atom. The van der Waals surface area contributed by atoms with Crippen molar-refractivity contribution in [1.82, 2.24) is 0 Å². The van der Waals surface area contributed by atoms with E-state index in [1.165, 1.54) is 27.8 Å². The van der Waals surface area contributed by atoms with Gasteiger partial charge in [-0.05, 0) is 63.6 Å². The van der Waals surface area contributed by atoms with Crippen LogP contribution < -0.4 is 0 Å². The normalized spacial score (nSPS) is 14.8. The highest BCUT2D eigenvalue weighted by molar-refractivity contribution is 5.31. The minimum Gasteiger partial charge on any atom is -0.0847 e. The number of hydrogen-bond acceptors (Lipinski definition) is 0. The van der Waals surface area contributed by atoms with Gasteiger partial charge in [0.1, 0.15) is 0 Å². The lowest BCUT2D eigenvalue weighted by atomic mass is 9.92. The topological polar surface area (TPSA) is 0 Å². The van der Waals surface area contributed by atoms with Gasteiger partial charge in [-0.3, -0.25) is 0 Å². The van der Waals surface area contributed by atoms with E-state index >= 15 is 0 Å². The van der Waals surface area contributed by atoms with Crippen molar-refractivity contribution in [2.24, 2.45) is 5.92 Å². The maximum Gasteiger partial charge on any atom is -0.0191 e. The summed E-state index contributed by atoms with van der Waals surface area (Å²) in [6.07, 6.45) is 5.58. The van der Waals surface area contributed by atoms with Gasteiger partial charge in [0.2, 0.25) is 0 Å². The van der Waals surface area contributed by atoms with Gasteiger partial charge in [0, 0.05) is 0 Å². The van der Waals surface area contributed by atoms with E-state index in [9.17, 15) is 0 Å². The maximum absolute atomic E-state index is 2.32. The van der Waals surface area contributed by atoms with Gasteiger partial charge in [0.25, 0.3) is 0 Å². The molecule has 0 saturated heterocycles. The third-order valence-electron chi connectivity index (χ3n) is 3.80. The largest absolute Gasteiger partial charge is 0.0847 e. The van der Waals surface area contributed by atoms with Gasteiger partial charge >= 0.3 is 0 Å². The Balaban J connectivity index is 2.78. The fourth-order valence-electron chi connectivity index (χ4n) is 2.03. The summed E-state index contributed by atoms with van der Waals surface area (Å²) in [7, 11) is 0. The van der Waals surface area contributed by atoms with Crippen molar-refractivity contribution in [3.8, 4) is 0 Å². The molecule has 0 aromatic heterocycles. The van der Waals surface area contributed by atoms with E-state index < -0.39 is 0 Å². The second-order valence-corrected chi connectivity index (χ2v) is 5.44. The first-order chi connectivity index (χ1) is 8.43. The van der Waals surface area contributed by atoms with Crippen LogP contribution in [-0.4, -0.2) is 0 Å². The number of hydrogen-bond donors (Lipinski definition) is 0. The molecule has 0 aliphatic rings. The molecule has 0 nitrogen and oxygen atoms in total. The monoisotopic (exact) mass is 242 g/mol. The van der Waals surface area contributed by atoms with Crippen LogP contribution in [-0.2, 0) is 6.42 Å². The van der Waals surface area contributed by atoms with Gasteiger partial charge in [0.15, 0.2) is 0 Å². The second-order valence-electron chi connectivity index (χ2n) is 5.44. The summed E-state index contributed by atoms with van der Waals surface area (Å²) in [5.41, 5.74) is 7.02. The average Bonchev–Trinajstić information content (AvgIpc) is 2.33. The molecule has 0 bridgehead atoms. The molecule has 1 aromatic rings. The zero-order valence-corrected chi connectivity index (χ0v) is 12.7. The molecule has 1 rings (SSSR count). The van der Waals surface area contributed by atoms with Crippen LogP contribution >= 0.6 is 0 Å². The van der Waals surface area contributed by atoms with E-state index in [1.807, 2.05) is 0 Å². The van der Waals surface area contributed by atoms with Crippen molar-refractivity contribution in [2.45, 2.75) is 48.0 Å². The number of benzene rings is 1. The first-order valence-corrected chi connectivity index (χ1v) is 6.81. The van der Waals surface area contributed by atoms with Crippen LogP contribution in [0, 0.1) is 19.8 Å². The van der Waals surface area contributed by atoms with Crippen LogP contribution in [0.25, 0.3) is 0 Å². The molecule has 0 heteroatoms. The lowest BCUT2D eigenvalue weighted by Gasteiger charge is -2.14. The predicted molar refractivity (Wildman–Crippen MR) is 82.0 cm³/mol. The number of aryl methyl sites for hydroxylation is 2. The third-order valence-corrected chi connectivity index (χ3v) is 3.80. The Morgan fingerprint density at radius 3 is 2.39 bits per heavy atom. The Bertz CT molecular complexity index is 461. The van der Waals surface area contributed by atoms with Crippen molar-refractivity contribution >= 4 is 0 Å². The molecule has 0 aliphatic heterocycles.